The van der Waals surface area contributed by atoms with Crippen LogP contribution in [0.5, 0.6) is 11.6 Å². The Morgan fingerprint density at radius 1 is 0.935 bits per heavy atom. The van der Waals surface area contributed by atoms with Gasteiger partial charge in [-0.1, -0.05) is 0 Å². The fourth-order valence-corrected chi connectivity index (χ4v) is 3.19. The summed E-state index contributed by atoms with van der Waals surface area (Å²) in [5.74, 6) is -0.743. The van der Waals surface area contributed by atoms with Crippen molar-refractivity contribution in [1.82, 2.24) is 10.3 Å². The molecule has 1 amide bonds. The fraction of sp³-hybridized carbons (Fsp3) is 0.400. The van der Waals surface area contributed by atoms with Crippen LogP contribution in [0.3, 0.4) is 0 Å². The van der Waals surface area contributed by atoms with E-state index in [0.717, 1.165) is 18.2 Å². The molecule has 1 N–H and O–H groups in total. The van der Waals surface area contributed by atoms with Crippen LogP contribution >= 0.6 is 0 Å². The summed E-state index contributed by atoms with van der Waals surface area (Å²) >= 11 is 0. The van der Waals surface area contributed by atoms with E-state index in [-0.39, 0.29) is 23.6 Å². The predicted molar refractivity (Wildman–Crippen MR) is 96.5 cm³/mol. The predicted octanol–water partition coefficient (Wildman–Crippen LogP) is 5.12. The Hall–Kier alpha value is -2.98. The zero-order valence-electron chi connectivity index (χ0n) is 16.0. The number of rotatable bonds is 5. The molecule has 31 heavy (non-hydrogen) atoms. The number of hydrogen-bond acceptors (Lipinski definition) is 4. The van der Waals surface area contributed by atoms with Gasteiger partial charge >= 0.3 is 12.5 Å². The van der Waals surface area contributed by atoms with E-state index < -0.39 is 29.8 Å². The Morgan fingerprint density at radius 3 is 2.10 bits per heavy atom. The quantitative estimate of drug-likeness (QED) is 0.646. The van der Waals surface area contributed by atoms with Gasteiger partial charge in [-0.25, -0.2) is 4.98 Å². The number of benzene rings is 1. The van der Waals surface area contributed by atoms with Crippen LogP contribution in [0.1, 0.15) is 41.6 Å². The van der Waals surface area contributed by atoms with Gasteiger partial charge in [-0.15, -0.1) is 13.2 Å². The zero-order valence-corrected chi connectivity index (χ0v) is 16.0. The van der Waals surface area contributed by atoms with Crippen LogP contribution in [0.2, 0.25) is 0 Å². The number of halogens is 6. The van der Waals surface area contributed by atoms with Gasteiger partial charge in [-0.2, -0.15) is 13.2 Å². The van der Waals surface area contributed by atoms with E-state index in [1.165, 1.54) is 18.2 Å². The van der Waals surface area contributed by atoms with Gasteiger partial charge in [0, 0.05) is 23.9 Å². The number of amides is 1. The molecule has 3 rings (SSSR count). The van der Waals surface area contributed by atoms with Gasteiger partial charge in [0.15, 0.2) is 0 Å². The number of nitrogens with one attached hydrogen (secondary N) is 1. The first kappa shape index (κ1) is 22.7. The third-order valence-electron chi connectivity index (χ3n) is 4.71. The minimum absolute atomic E-state index is 0.0988. The Labute approximate surface area is 173 Å². The molecule has 1 saturated carbocycles. The number of alkyl halides is 6. The van der Waals surface area contributed by atoms with Crippen molar-refractivity contribution in [2.75, 3.05) is 0 Å². The van der Waals surface area contributed by atoms with Crippen LogP contribution in [-0.4, -0.2) is 29.4 Å². The topological polar surface area (TPSA) is 60.5 Å². The van der Waals surface area contributed by atoms with Gasteiger partial charge in [0.1, 0.15) is 11.9 Å². The zero-order chi connectivity index (χ0) is 22.6. The molecule has 1 aliphatic carbocycles. The Bertz CT molecular complexity index is 874. The average molecular weight is 448 g/mol. The van der Waals surface area contributed by atoms with Crippen molar-refractivity contribution in [3.63, 3.8) is 0 Å². The summed E-state index contributed by atoms with van der Waals surface area (Å²) in [7, 11) is 0. The summed E-state index contributed by atoms with van der Waals surface area (Å²) in [5.41, 5.74) is -0.661. The molecule has 0 atom stereocenters. The molecular formula is C20H18F6N2O3. The fourth-order valence-electron chi connectivity index (χ4n) is 3.19. The molecule has 0 unspecified atom stereocenters. The van der Waals surface area contributed by atoms with Gasteiger partial charge < -0.3 is 14.8 Å². The van der Waals surface area contributed by atoms with E-state index in [0.29, 0.717) is 31.9 Å². The van der Waals surface area contributed by atoms with E-state index in [4.69, 9.17) is 4.74 Å². The molecule has 1 aromatic carbocycles. The van der Waals surface area contributed by atoms with E-state index in [2.05, 4.69) is 15.0 Å². The summed E-state index contributed by atoms with van der Waals surface area (Å²) in [4.78, 5) is 16.0. The van der Waals surface area contributed by atoms with Crippen LogP contribution in [0, 0.1) is 0 Å². The monoisotopic (exact) mass is 448 g/mol. The van der Waals surface area contributed by atoms with Crippen LogP contribution in [0.25, 0.3) is 0 Å². The van der Waals surface area contributed by atoms with Crippen molar-refractivity contribution in [2.24, 2.45) is 0 Å². The summed E-state index contributed by atoms with van der Waals surface area (Å²) in [6.45, 7) is 0. The van der Waals surface area contributed by atoms with Gasteiger partial charge in [-0.3, -0.25) is 4.79 Å². The Balaban J connectivity index is 1.46. The van der Waals surface area contributed by atoms with Crippen molar-refractivity contribution in [3.05, 3.63) is 53.7 Å². The second-order valence-corrected chi connectivity index (χ2v) is 7.02. The third-order valence-corrected chi connectivity index (χ3v) is 4.71. The highest BCUT2D eigenvalue weighted by Crippen LogP contribution is 2.30. The van der Waals surface area contributed by atoms with E-state index in [9.17, 15) is 31.1 Å². The summed E-state index contributed by atoms with van der Waals surface area (Å²) < 4.78 is 83.6. The number of carbonyl (C=O) groups excluding carboxylic acids is 1. The molecule has 11 heteroatoms. The van der Waals surface area contributed by atoms with Crippen molar-refractivity contribution in [1.29, 1.82) is 0 Å². The van der Waals surface area contributed by atoms with Crippen LogP contribution < -0.4 is 14.8 Å². The third kappa shape index (κ3) is 6.76. The molecule has 2 aromatic rings. The van der Waals surface area contributed by atoms with Gasteiger partial charge in [0.05, 0.1) is 5.56 Å². The average Bonchev–Trinajstić information content (AvgIpc) is 2.68. The van der Waals surface area contributed by atoms with E-state index in [1.807, 2.05) is 0 Å². The summed E-state index contributed by atoms with van der Waals surface area (Å²) in [6.07, 6.45) is -6.52. The first-order valence-electron chi connectivity index (χ1n) is 9.36. The van der Waals surface area contributed by atoms with Gasteiger partial charge in [0.25, 0.3) is 5.91 Å². The lowest BCUT2D eigenvalue weighted by Crippen LogP contribution is -2.39. The molecule has 0 saturated heterocycles. The summed E-state index contributed by atoms with van der Waals surface area (Å²) in [5, 5.41) is 2.81. The first-order chi connectivity index (χ1) is 14.5. The normalized spacial score (nSPS) is 19.5. The second-order valence-electron chi connectivity index (χ2n) is 7.02. The molecular weight excluding hydrogens is 430 g/mol. The maximum atomic E-state index is 12.6. The number of hydrogen-bond donors (Lipinski definition) is 1. The standard InChI is InChI=1S/C20H18F6N2O3/c21-19(22,23)13-3-10-17(27-11-13)30-15-8-4-14(5-9-15)28-18(29)12-1-6-16(7-2-12)31-20(24,25)26/h1-3,6-7,10-11,14-15H,4-5,8-9H2,(H,28,29). The highest BCUT2D eigenvalue weighted by atomic mass is 19.4. The van der Waals surface area contributed by atoms with Crippen molar-refractivity contribution in [2.45, 2.75) is 50.4 Å². The lowest BCUT2D eigenvalue weighted by Gasteiger charge is -2.29. The lowest BCUT2D eigenvalue weighted by atomic mass is 9.92. The van der Waals surface area contributed by atoms with Crippen LogP contribution in [0.4, 0.5) is 26.3 Å². The molecule has 1 aromatic heterocycles. The smallest absolute Gasteiger partial charge is 0.474 e. The van der Waals surface area contributed by atoms with Gasteiger partial charge in [0.2, 0.25) is 5.88 Å². The van der Waals surface area contributed by atoms with E-state index >= 15 is 0 Å². The molecule has 1 fully saturated rings. The molecule has 0 radical (unpaired) electrons. The van der Waals surface area contributed by atoms with Crippen molar-refractivity contribution in [3.8, 4) is 11.6 Å². The number of nitrogens with zero attached hydrogens (tertiary/aromatic N) is 1. The highest BCUT2D eigenvalue weighted by Gasteiger charge is 2.32. The van der Waals surface area contributed by atoms with Crippen molar-refractivity contribution >= 4 is 5.91 Å². The number of pyridine rings is 1. The van der Waals surface area contributed by atoms with Crippen molar-refractivity contribution < 1.29 is 40.6 Å². The molecule has 0 aliphatic heterocycles. The van der Waals surface area contributed by atoms with E-state index in [1.54, 1.807) is 0 Å². The molecule has 0 bridgehead atoms. The molecule has 168 valence electrons. The SMILES string of the molecule is O=C(NC1CCC(Oc2ccc(C(F)(F)F)cn2)CC1)c1ccc(OC(F)(F)F)cc1. The maximum Gasteiger partial charge on any atom is 0.573 e. The number of carbonyl (C=O) groups is 1. The molecule has 1 heterocycles. The number of aromatic nitrogens is 1. The molecule has 5 nitrogen and oxygen atoms in total. The Morgan fingerprint density at radius 2 is 1.58 bits per heavy atom. The second kappa shape index (κ2) is 9.03. The minimum atomic E-state index is -4.81. The maximum absolute atomic E-state index is 12.6. The summed E-state index contributed by atoms with van der Waals surface area (Å²) in [6, 6.07) is 6.51. The minimum Gasteiger partial charge on any atom is -0.474 e. The Kier molecular flexibility index (Phi) is 6.61. The number of ether oxygens (including phenoxy) is 2. The molecule has 1 aliphatic rings. The first-order valence-corrected chi connectivity index (χ1v) is 9.36. The highest BCUT2D eigenvalue weighted by molar-refractivity contribution is 5.94. The lowest BCUT2D eigenvalue weighted by molar-refractivity contribution is -0.274. The van der Waals surface area contributed by atoms with Gasteiger partial charge in [-0.05, 0) is 56.0 Å². The largest absolute Gasteiger partial charge is 0.573 e. The van der Waals surface area contributed by atoms with Crippen LogP contribution in [0.15, 0.2) is 42.6 Å². The van der Waals surface area contributed by atoms with Crippen LogP contribution in [-0.2, 0) is 6.18 Å². The molecule has 0 spiro atoms.